The van der Waals surface area contributed by atoms with Crippen molar-refractivity contribution in [3.63, 3.8) is 0 Å². The van der Waals surface area contributed by atoms with Gasteiger partial charge < -0.3 is 15.0 Å². The number of aromatic nitrogens is 1. The molecule has 2 aromatic rings. The molecule has 1 aliphatic heterocycles. The summed E-state index contributed by atoms with van der Waals surface area (Å²) in [4.78, 5) is 19.5. The number of aryl methyl sites for hydroxylation is 1. The monoisotopic (exact) mass is 446 g/mol. The molecule has 3 rings (SSSR count). The number of sulfonamides is 1. The number of carbonyl (C=O) groups is 1. The fourth-order valence-electron chi connectivity index (χ4n) is 3.48. The minimum atomic E-state index is -3.66. The van der Waals surface area contributed by atoms with E-state index in [1.807, 2.05) is 12.1 Å². The molecule has 0 unspecified atom stereocenters. The van der Waals surface area contributed by atoms with Crippen LogP contribution in [-0.2, 0) is 21.3 Å². The Morgan fingerprint density at radius 1 is 1.16 bits per heavy atom. The zero-order valence-corrected chi connectivity index (χ0v) is 19.1. The number of carbonyl (C=O) groups excluding carboxylic acids is 1. The number of rotatable bonds is 8. The standard InChI is InChI=1S/C22H30N4O4S/c1-4-25(5-2)21-9-7-18(15-23-21)16-24-22(27)20-14-19(8-6-17(20)3)31(28,29)26-10-12-30-13-11-26/h6-9,14-15H,4-5,10-13,16H2,1-3H3,(H,24,27). The Labute approximate surface area is 184 Å². The van der Waals surface area contributed by atoms with E-state index >= 15 is 0 Å². The van der Waals surface area contributed by atoms with Gasteiger partial charge in [0.2, 0.25) is 10.0 Å². The zero-order chi connectivity index (χ0) is 22.4. The quantitative estimate of drug-likeness (QED) is 0.668. The summed E-state index contributed by atoms with van der Waals surface area (Å²) in [6.45, 7) is 9.39. The van der Waals surface area contributed by atoms with Crippen LogP contribution in [0.5, 0.6) is 0 Å². The van der Waals surface area contributed by atoms with Crippen molar-refractivity contribution in [2.75, 3.05) is 44.3 Å². The first kappa shape index (κ1) is 23.2. The van der Waals surface area contributed by atoms with Crippen molar-refractivity contribution in [3.8, 4) is 0 Å². The van der Waals surface area contributed by atoms with E-state index in [9.17, 15) is 13.2 Å². The second kappa shape index (κ2) is 10.2. The van der Waals surface area contributed by atoms with Gasteiger partial charge in [0, 0.05) is 44.5 Å². The summed E-state index contributed by atoms with van der Waals surface area (Å²) in [5.41, 5.74) is 1.94. The van der Waals surface area contributed by atoms with Crippen molar-refractivity contribution in [3.05, 3.63) is 53.2 Å². The predicted molar refractivity (Wildman–Crippen MR) is 120 cm³/mol. The van der Waals surface area contributed by atoms with Crippen LogP contribution in [0.2, 0.25) is 0 Å². The molecule has 9 heteroatoms. The van der Waals surface area contributed by atoms with Crippen LogP contribution in [0.1, 0.15) is 35.3 Å². The third-order valence-corrected chi connectivity index (χ3v) is 7.31. The molecule has 1 aromatic heterocycles. The van der Waals surface area contributed by atoms with Crippen molar-refractivity contribution in [1.29, 1.82) is 0 Å². The second-order valence-corrected chi connectivity index (χ2v) is 9.31. The number of anilines is 1. The molecule has 0 aliphatic carbocycles. The molecule has 1 amide bonds. The smallest absolute Gasteiger partial charge is 0.251 e. The maximum absolute atomic E-state index is 12.9. The molecule has 1 saturated heterocycles. The van der Waals surface area contributed by atoms with Crippen LogP contribution in [0, 0.1) is 6.92 Å². The summed E-state index contributed by atoms with van der Waals surface area (Å²) in [6, 6.07) is 8.55. The van der Waals surface area contributed by atoms with Gasteiger partial charge in [0.1, 0.15) is 5.82 Å². The number of pyridine rings is 1. The van der Waals surface area contributed by atoms with Gasteiger partial charge >= 0.3 is 0 Å². The van der Waals surface area contributed by atoms with Gasteiger partial charge in [0.15, 0.2) is 0 Å². The predicted octanol–water partition coefficient (Wildman–Crippen LogP) is 2.19. The van der Waals surface area contributed by atoms with Crippen molar-refractivity contribution in [2.45, 2.75) is 32.2 Å². The van der Waals surface area contributed by atoms with E-state index < -0.39 is 10.0 Å². The van der Waals surface area contributed by atoms with Gasteiger partial charge in [-0.1, -0.05) is 12.1 Å². The number of benzene rings is 1. The molecule has 8 nitrogen and oxygen atoms in total. The number of nitrogens with zero attached hydrogens (tertiary/aromatic N) is 3. The summed E-state index contributed by atoms with van der Waals surface area (Å²) in [7, 11) is -3.66. The number of hydrogen-bond acceptors (Lipinski definition) is 6. The van der Waals surface area contributed by atoms with Gasteiger partial charge in [0.05, 0.1) is 18.1 Å². The molecule has 1 fully saturated rings. The topological polar surface area (TPSA) is 91.8 Å². The first-order chi connectivity index (χ1) is 14.9. The molecule has 0 atom stereocenters. The third-order valence-electron chi connectivity index (χ3n) is 5.41. The zero-order valence-electron chi connectivity index (χ0n) is 18.3. The summed E-state index contributed by atoms with van der Waals surface area (Å²) < 4.78 is 32.5. The first-order valence-corrected chi connectivity index (χ1v) is 12.0. The highest BCUT2D eigenvalue weighted by molar-refractivity contribution is 7.89. The van der Waals surface area contributed by atoms with E-state index in [0.717, 1.165) is 24.5 Å². The lowest BCUT2D eigenvalue weighted by Crippen LogP contribution is -2.40. The van der Waals surface area contributed by atoms with Gasteiger partial charge in [-0.15, -0.1) is 0 Å². The average Bonchev–Trinajstić information content (AvgIpc) is 2.80. The van der Waals surface area contributed by atoms with E-state index in [4.69, 9.17) is 4.74 Å². The number of amides is 1. The Morgan fingerprint density at radius 2 is 1.87 bits per heavy atom. The summed E-state index contributed by atoms with van der Waals surface area (Å²) in [5.74, 6) is 0.585. The first-order valence-electron chi connectivity index (χ1n) is 10.5. The van der Waals surface area contributed by atoms with E-state index in [0.29, 0.717) is 44.0 Å². The van der Waals surface area contributed by atoms with E-state index in [-0.39, 0.29) is 10.8 Å². The molecular formula is C22H30N4O4S. The minimum Gasteiger partial charge on any atom is -0.379 e. The summed E-state index contributed by atoms with van der Waals surface area (Å²) in [6.07, 6.45) is 1.75. The van der Waals surface area contributed by atoms with Gasteiger partial charge in [-0.3, -0.25) is 4.79 Å². The number of ether oxygens (including phenoxy) is 1. The Balaban J connectivity index is 1.71. The highest BCUT2D eigenvalue weighted by atomic mass is 32.2. The van der Waals surface area contributed by atoms with Crippen LogP contribution in [0.25, 0.3) is 0 Å². The molecule has 0 radical (unpaired) electrons. The molecule has 2 heterocycles. The van der Waals surface area contributed by atoms with E-state index in [2.05, 4.69) is 29.0 Å². The highest BCUT2D eigenvalue weighted by Crippen LogP contribution is 2.21. The molecule has 168 valence electrons. The molecular weight excluding hydrogens is 416 g/mol. The van der Waals surface area contributed by atoms with Crippen molar-refractivity contribution in [2.24, 2.45) is 0 Å². The lowest BCUT2D eigenvalue weighted by molar-refractivity contribution is 0.0730. The van der Waals surface area contributed by atoms with Gasteiger partial charge in [-0.05, 0) is 50.1 Å². The lowest BCUT2D eigenvalue weighted by Gasteiger charge is -2.26. The molecule has 0 saturated carbocycles. The Bertz CT molecular complexity index is 999. The second-order valence-electron chi connectivity index (χ2n) is 7.37. The fourth-order valence-corrected chi connectivity index (χ4v) is 4.91. The van der Waals surface area contributed by atoms with Gasteiger partial charge in [-0.25, -0.2) is 13.4 Å². The van der Waals surface area contributed by atoms with Crippen LogP contribution in [-0.4, -0.2) is 63.0 Å². The molecule has 1 aromatic carbocycles. The number of hydrogen-bond donors (Lipinski definition) is 1. The average molecular weight is 447 g/mol. The minimum absolute atomic E-state index is 0.121. The third kappa shape index (κ3) is 5.41. The van der Waals surface area contributed by atoms with Crippen molar-refractivity contribution >= 4 is 21.7 Å². The maximum atomic E-state index is 12.9. The lowest BCUT2D eigenvalue weighted by atomic mass is 10.1. The molecule has 1 N–H and O–H groups in total. The number of nitrogens with one attached hydrogen (secondary N) is 1. The Hall–Kier alpha value is -2.49. The van der Waals surface area contributed by atoms with Crippen LogP contribution < -0.4 is 10.2 Å². The molecule has 0 spiro atoms. The fraction of sp³-hybridized carbons (Fsp3) is 0.455. The summed E-state index contributed by atoms with van der Waals surface area (Å²) in [5, 5.41) is 2.87. The number of morpholine rings is 1. The highest BCUT2D eigenvalue weighted by Gasteiger charge is 2.27. The van der Waals surface area contributed by atoms with E-state index in [1.54, 1.807) is 25.3 Å². The Kier molecular flexibility index (Phi) is 7.64. The maximum Gasteiger partial charge on any atom is 0.251 e. The largest absolute Gasteiger partial charge is 0.379 e. The van der Waals surface area contributed by atoms with Gasteiger partial charge in [-0.2, -0.15) is 4.31 Å². The Morgan fingerprint density at radius 3 is 2.48 bits per heavy atom. The van der Waals surface area contributed by atoms with Crippen LogP contribution in [0.3, 0.4) is 0 Å². The normalized spacial score (nSPS) is 14.9. The van der Waals surface area contributed by atoms with Crippen LogP contribution in [0.15, 0.2) is 41.4 Å². The molecule has 31 heavy (non-hydrogen) atoms. The van der Waals surface area contributed by atoms with E-state index in [1.165, 1.54) is 10.4 Å². The van der Waals surface area contributed by atoms with Crippen LogP contribution >= 0.6 is 0 Å². The van der Waals surface area contributed by atoms with Gasteiger partial charge in [0.25, 0.3) is 5.91 Å². The van der Waals surface area contributed by atoms with Crippen LogP contribution in [0.4, 0.5) is 5.82 Å². The summed E-state index contributed by atoms with van der Waals surface area (Å²) >= 11 is 0. The van der Waals surface area contributed by atoms with Crippen molar-refractivity contribution < 1.29 is 17.9 Å². The molecule has 1 aliphatic rings. The van der Waals surface area contributed by atoms with Crippen molar-refractivity contribution in [1.82, 2.24) is 14.6 Å². The molecule has 0 bridgehead atoms. The SMILES string of the molecule is CCN(CC)c1ccc(CNC(=O)c2cc(S(=O)(=O)N3CCOCC3)ccc2C)cn1.